The summed E-state index contributed by atoms with van der Waals surface area (Å²) in [5.74, 6) is 0. The summed E-state index contributed by atoms with van der Waals surface area (Å²) in [4.78, 5) is 2.14. The molecule has 1 fully saturated rings. The number of hydrogen-bond acceptors (Lipinski definition) is 4. The van der Waals surface area contributed by atoms with E-state index in [1.54, 1.807) is 0 Å². The second-order valence-electron chi connectivity index (χ2n) is 4.69. The van der Waals surface area contributed by atoms with E-state index in [0.717, 1.165) is 39.0 Å². The maximum atomic E-state index is 10.3. The number of aliphatic hydroxyl groups is 1. The topological polar surface area (TPSA) is 41.9 Å². The number of likely N-dealkylation sites (N-methyl/N-ethyl adjacent to an activating group) is 1. The minimum absolute atomic E-state index is 0.558. The summed E-state index contributed by atoms with van der Waals surface area (Å²) in [6.45, 7) is 6.62. The summed E-state index contributed by atoms with van der Waals surface area (Å²) in [5, 5.41) is 10.3. The SMILES string of the molecule is CCCOCCN(C)CC1(O)CCOCC1. The zero-order valence-electron chi connectivity index (χ0n) is 10.6. The molecule has 0 saturated carbocycles. The molecule has 0 aromatic carbocycles. The second-order valence-corrected chi connectivity index (χ2v) is 4.69. The van der Waals surface area contributed by atoms with E-state index in [1.165, 1.54) is 0 Å². The van der Waals surface area contributed by atoms with Crippen molar-refractivity contribution in [3.8, 4) is 0 Å². The summed E-state index contributed by atoms with van der Waals surface area (Å²) < 4.78 is 10.7. The Morgan fingerprint density at radius 2 is 2.00 bits per heavy atom. The highest BCUT2D eigenvalue weighted by atomic mass is 16.5. The Bertz CT molecular complexity index is 181. The van der Waals surface area contributed by atoms with Crippen molar-refractivity contribution < 1.29 is 14.6 Å². The first-order valence-electron chi connectivity index (χ1n) is 6.23. The number of nitrogens with zero attached hydrogens (tertiary/aromatic N) is 1. The molecule has 0 bridgehead atoms. The van der Waals surface area contributed by atoms with Crippen molar-refractivity contribution in [2.24, 2.45) is 0 Å². The normalized spacial score (nSPS) is 20.2. The van der Waals surface area contributed by atoms with Crippen LogP contribution >= 0.6 is 0 Å². The lowest BCUT2D eigenvalue weighted by Crippen LogP contribution is -2.46. The van der Waals surface area contributed by atoms with E-state index in [1.807, 2.05) is 7.05 Å². The molecule has 0 radical (unpaired) electrons. The second kappa shape index (κ2) is 7.22. The summed E-state index contributed by atoms with van der Waals surface area (Å²) >= 11 is 0. The third-order valence-electron chi connectivity index (χ3n) is 2.95. The van der Waals surface area contributed by atoms with Crippen LogP contribution in [0.1, 0.15) is 26.2 Å². The van der Waals surface area contributed by atoms with Crippen molar-refractivity contribution in [2.75, 3.05) is 46.6 Å². The minimum atomic E-state index is -0.558. The van der Waals surface area contributed by atoms with Crippen molar-refractivity contribution in [2.45, 2.75) is 31.8 Å². The highest BCUT2D eigenvalue weighted by molar-refractivity contribution is 4.83. The molecule has 0 spiro atoms. The Morgan fingerprint density at radius 1 is 1.31 bits per heavy atom. The van der Waals surface area contributed by atoms with Crippen LogP contribution in [-0.2, 0) is 9.47 Å². The maximum absolute atomic E-state index is 10.3. The Labute approximate surface area is 98.5 Å². The van der Waals surface area contributed by atoms with E-state index in [4.69, 9.17) is 9.47 Å². The quantitative estimate of drug-likeness (QED) is 0.661. The van der Waals surface area contributed by atoms with Crippen LogP contribution in [-0.4, -0.2) is 62.2 Å². The van der Waals surface area contributed by atoms with Crippen LogP contribution in [0.3, 0.4) is 0 Å². The molecule has 0 unspecified atom stereocenters. The molecule has 1 rings (SSSR count). The number of rotatable bonds is 7. The van der Waals surface area contributed by atoms with Gasteiger partial charge in [0.1, 0.15) is 0 Å². The Morgan fingerprint density at radius 3 is 2.62 bits per heavy atom. The van der Waals surface area contributed by atoms with Gasteiger partial charge in [0.2, 0.25) is 0 Å². The molecule has 96 valence electrons. The molecule has 0 aromatic rings. The van der Waals surface area contributed by atoms with Crippen LogP contribution in [0.5, 0.6) is 0 Å². The van der Waals surface area contributed by atoms with Crippen LogP contribution in [0.4, 0.5) is 0 Å². The van der Waals surface area contributed by atoms with Gasteiger partial charge < -0.3 is 19.5 Å². The van der Waals surface area contributed by atoms with E-state index < -0.39 is 5.60 Å². The predicted molar refractivity (Wildman–Crippen MR) is 63.6 cm³/mol. The minimum Gasteiger partial charge on any atom is -0.388 e. The molecule has 1 N–H and O–H groups in total. The van der Waals surface area contributed by atoms with Gasteiger partial charge in [0.25, 0.3) is 0 Å². The summed E-state index contributed by atoms with van der Waals surface area (Å²) in [6.07, 6.45) is 2.55. The molecular formula is C12H25NO3. The van der Waals surface area contributed by atoms with Crippen molar-refractivity contribution >= 4 is 0 Å². The Balaban J connectivity index is 2.14. The van der Waals surface area contributed by atoms with Gasteiger partial charge in [-0.3, -0.25) is 0 Å². The highest BCUT2D eigenvalue weighted by Crippen LogP contribution is 2.20. The first kappa shape index (κ1) is 13.9. The molecule has 0 aliphatic carbocycles. The van der Waals surface area contributed by atoms with E-state index in [-0.39, 0.29) is 0 Å². The van der Waals surface area contributed by atoms with Gasteiger partial charge in [-0.2, -0.15) is 0 Å². The number of ether oxygens (including phenoxy) is 2. The monoisotopic (exact) mass is 231 g/mol. The number of hydrogen-bond donors (Lipinski definition) is 1. The highest BCUT2D eigenvalue weighted by Gasteiger charge is 2.30. The lowest BCUT2D eigenvalue weighted by atomic mass is 9.94. The van der Waals surface area contributed by atoms with Gasteiger partial charge in [-0.15, -0.1) is 0 Å². The van der Waals surface area contributed by atoms with Crippen molar-refractivity contribution in [3.63, 3.8) is 0 Å². The van der Waals surface area contributed by atoms with E-state index in [0.29, 0.717) is 19.8 Å². The Hall–Kier alpha value is -0.160. The predicted octanol–water partition coefficient (Wildman–Crippen LogP) is 0.886. The zero-order chi connectivity index (χ0) is 11.9. The lowest BCUT2D eigenvalue weighted by Gasteiger charge is -2.35. The Kier molecular flexibility index (Phi) is 6.28. The fraction of sp³-hybridized carbons (Fsp3) is 1.00. The fourth-order valence-electron chi connectivity index (χ4n) is 1.96. The van der Waals surface area contributed by atoms with E-state index in [2.05, 4.69) is 11.8 Å². The van der Waals surface area contributed by atoms with Crippen molar-refractivity contribution in [3.05, 3.63) is 0 Å². The van der Waals surface area contributed by atoms with Gasteiger partial charge in [0.15, 0.2) is 0 Å². The fourth-order valence-corrected chi connectivity index (χ4v) is 1.96. The van der Waals surface area contributed by atoms with Gasteiger partial charge in [0, 0.05) is 45.8 Å². The van der Waals surface area contributed by atoms with Crippen LogP contribution in [0, 0.1) is 0 Å². The van der Waals surface area contributed by atoms with Crippen molar-refractivity contribution in [1.82, 2.24) is 4.90 Å². The molecule has 1 heterocycles. The zero-order valence-corrected chi connectivity index (χ0v) is 10.6. The summed E-state index contributed by atoms with van der Waals surface area (Å²) in [5.41, 5.74) is -0.558. The molecule has 0 aromatic heterocycles. The van der Waals surface area contributed by atoms with E-state index >= 15 is 0 Å². The molecule has 0 amide bonds. The molecule has 1 aliphatic rings. The van der Waals surface area contributed by atoms with Crippen LogP contribution < -0.4 is 0 Å². The van der Waals surface area contributed by atoms with E-state index in [9.17, 15) is 5.11 Å². The van der Waals surface area contributed by atoms with Gasteiger partial charge in [-0.05, 0) is 13.5 Å². The molecule has 4 heteroatoms. The standard InChI is InChI=1S/C12H25NO3/c1-3-7-15-10-6-13(2)11-12(14)4-8-16-9-5-12/h14H,3-11H2,1-2H3. The first-order valence-corrected chi connectivity index (χ1v) is 6.23. The van der Waals surface area contributed by atoms with Gasteiger partial charge in [0.05, 0.1) is 12.2 Å². The van der Waals surface area contributed by atoms with Gasteiger partial charge >= 0.3 is 0 Å². The van der Waals surface area contributed by atoms with Crippen molar-refractivity contribution in [1.29, 1.82) is 0 Å². The molecule has 4 nitrogen and oxygen atoms in total. The average molecular weight is 231 g/mol. The molecular weight excluding hydrogens is 206 g/mol. The van der Waals surface area contributed by atoms with Crippen LogP contribution in [0.15, 0.2) is 0 Å². The third-order valence-corrected chi connectivity index (χ3v) is 2.95. The summed E-state index contributed by atoms with van der Waals surface area (Å²) in [6, 6.07) is 0. The smallest absolute Gasteiger partial charge is 0.0817 e. The molecule has 1 aliphatic heterocycles. The van der Waals surface area contributed by atoms with Gasteiger partial charge in [-0.25, -0.2) is 0 Å². The summed E-state index contributed by atoms with van der Waals surface area (Å²) in [7, 11) is 2.03. The lowest BCUT2D eigenvalue weighted by molar-refractivity contribution is -0.0785. The third kappa shape index (κ3) is 5.25. The average Bonchev–Trinajstić information content (AvgIpc) is 2.25. The molecule has 16 heavy (non-hydrogen) atoms. The van der Waals surface area contributed by atoms with Crippen LogP contribution in [0.2, 0.25) is 0 Å². The van der Waals surface area contributed by atoms with Gasteiger partial charge in [-0.1, -0.05) is 6.92 Å². The van der Waals surface area contributed by atoms with Crippen LogP contribution in [0.25, 0.3) is 0 Å². The molecule has 1 saturated heterocycles. The maximum Gasteiger partial charge on any atom is 0.0817 e. The largest absolute Gasteiger partial charge is 0.388 e. The molecule has 0 atom stereocenters. The first-order chi connectivity index (χ1) is 7.66.